The van der Waals surface area contributed by atoms with Crippen LogP contribution in [-0.4, -0.2) is 31.1 Å². The van der Waals surface area contributed by atoms with E-state index in [1.807, 2.05) is 0 Å². The highest BCUT2D eigenvalue weighted by molar-refractivity contribution is 7.89. The molecule has 1 aliphatic carbocycles. The molecule has 1 aromatic heterocycles. The van der Waals surface area contributed by atoms with Gasteiger partial charge in [-0.25, -0.2) is 13.1 Å². The van der Waals surface area contributed by atoms with Crippen LogP contribution < -0.4 is 10.0 Å². The summed E-state index contributed by atoms with van der Waals surface area (Å²) in [6.45, 7) is 0.159. The number of benzene rings is 1. The number of anilines is 1. The molecular weight excluding hydrogens is 418 g/mol. The summed E-state index contributed by atoms with van der Waals surface area (Å²) >= 11 is 7.35. The molecule has 9 heteroatoms. The lowest BCUT2D eigenvalue weighted by Crippen LogP contribution is -2.26. The van der Waals surface area contributed by atoms with Crippen LogP contribution in [0.4, 0.5) is 5.13 Å². The number of sulfonamides is 1. The first-order chi connectivity index (χ1) is 13.5. The predicted molar refractivity (Wildman–Crippen MR) is 114 cm³/mol. The molecule has 0 saturated heterocycles. The summed E-state index contributed by atoms with van der Waals surface area (Å²) in [6.07, 6.45) is 8.90. The molecule has 0 atom stereocenters. The van der Waals surface area contributed by atoms with Gasteiger partial charge in [0.25, 0.3) is 0 Å². The normalized spacial score (nSPS) is 16.5. The lowest BCUT2D eigenvalue weighted by atomic mass is 9.97. The minimum atomic E-state index is -3.69. The van der Waals surface area contributed by atoms with E-state index in [0.717, 1.165) is 12.8 Å². The molecule has 3 N–H and O–H groups in total. The molecule has 0 bridgehead atoms. The van der Waals surface area contributed by atoms with Crippen molar-refractivity contribution in [1.82, 2.24) is 9.71 Å². The Morgan fingerprint density at radius 2 is 1.82 bits per heavy atom. The third-order valence-corrected chi connectivity index (χ3v) is 7.88. The minimum absolute atomic E-state index is 0.0321. The zero-order valence-electron chi connectivity index (χ0n) is 15.7. The monoisotopic (exact) mass is 443 g/mol. The average molecular weight is 444 g/mol. The second-order valence-corrected chi connectivity index (χ2v) is 10.3. The van der Waals surface area contributed by atoms with Crippen LogP contribution in [0.15, 0.2) is 29.2 Å². The molecule has 0 spiro atoms. The van der Waals surface area contributed by atoms with Crippen molar-refractivity contribution in [3.63, 3.8) is 0 Å². The highest BCUT2D eigenvalue weighted by Crippen LogP contribution is 2.30. The predicted octanol–water partition coefficient (Wildman–Crippen LogP) is 4.55. The molecule has 1 aromatic carbocycles. The molecule has 0 aliphatic heterocycles. The maximum atomic E-state index is 12.4. The fraction of sp³-hybridized carbons (Fsp3) is 0.526. The Hall–Kier alpha value is -1.35. The summed E-state index contributed by atoms with van der Waals surface area (Å²) < 4.78 is 27.3. The molecule has 0 unspecified atom stereocenters. The quantitative estimate of drug-likeness (QED) is 0.584. The van der Waals surface area contributed by atoms with E-state index in [9.17, 15) is 13.5 Å². The Morgan fingerprint density at radius 3 is 2.54 bits per heavy atom. The molecule has 154 valence electrons. The number of aromatic nitrogens is 1. The number of nitrogens with one attached hydrogen (secondary N) is 2. The van der Waals surface area contributed by atoms with Crippen molar-refractivity contribution in [3.05, 3.63) is 34.2 Å². The lowest BCUT2D eigenvalue weighted by molar-refractivity contribution is 0.449. The maximum absolute atomic E-state index is 12.4. The van der Waals surface area contributed by atoms with Crippen LogP contribution in [0.25, 0.3) is 0 Å². The first kappa shape index (κ1) is 21.4. The van der Waals surface area contributed by atoms with E-state index in [1.54, 1.807) is 18.2 Å². The van der Waals surface area contributed by atoms with Crippen LogP contribution in [0.5, 0.6) is 5.88 Å². The molecule has 1 aliphatic rings. The summed E-state index contributed by atoms with van der Waals surface area (Å²) in [6, 6.07) is 6.70. The third-order valence-electron chi connectivity index (χ3n) is 4.88. The maximum Gasteiger partial charge on any atom is 0.242 e. The summed E-state index contributed by atoms with van der Waals surface area (Å²) in [5, 5.41) is 14.4. The zero-order chi connectivity index (χ0) is 20.0. The van der Waals surface area contributed by atoms with Crippen LogP contribution in [0, 0.1) is 0 Å². The van der Waals surface area contributed by atoms with E-state index in [0.29, 0.717) is 22.5 Å². The first-order valence-electron chi connectivity index (χ1n) is 9.65. The van der Waals surface area contributed by atoms with Gasteiger partial charge in [-0.05, 0) is 25.0 Å². The van der Waals surface area contributed by atoms with E-state index in [2.05, 4.69) is 15.0 Å². The summed E-state index contributed by atoms with van der Waals surface area (Å²) in [5.41, 5.74) is 0. The van der Waals surface area contributed by atoms with Crippen molar-refractivity contribution >= 4 is 38.1 Å². The van der Waals surface area contributed by atoms with Crippen molar-refractivity contribution in [2.24, 2.45) is 0 Å². The second kappa shape index (κ2) is 9.91. The van der Waals surface area contributed by atoms with Gasteiger partial charge in [0.05, 0.1) is 9.90 Å². The molecule has 1 fully saturated rings. The van der Waals surface area contributed by atoms with Crippen molar-refractivity contribution in [2.75, 3.05) is 11.9 Å². The SMILES string of the molecule is O=S(=O)(NCCc1sc(NC2CCCCCCC2)nc1O)c1ccccc1Cl. The summed E-state index contributed by atoms with van der Waals surface area (Å²) in [7, 11) is -3.69. The number of nitrogens with zero attached hydrogens (tertiary/aromatic N) is 1. The molecule has 1 saturated carbocycles. The molecular formula is C19H26ClN3O3S2. The fourth-order valence-electron chi connectivity index (χ4n) is 3.38. The number of halogens is 1. The summed E-state index contributed by atoms with van der Waals surface area (Å²) in [5.74, 6) is -0.0321. The van der Waals surface area contributed by atoms with Crippen LogP contribution in [0.2, 0.25) is 5.02 Å². The van der Waals surface area contributed by atoms with Gasteiger partial charge in [0.2, 0.25) is 15.9 Å². The minimum Gasteiger partial charge on any atom is -0.492 e. The van der Waals surface area contributed by atoms with Gasteiger partial charge < -0.3 is 10.4 Å². The van der Waals surface area contributed by atoms with Gasteiger partial charge in [0, 0.05) is 19.0 Å². The molecule has 2 aromatic rings. The van der Waals surface area contributed by atoms with Gasteiger partial charge in [-0.2, -0.15) is 4.98 Å². The van der Waals surface area contributed by atoms with Crippen molar-refractivity contribution < 1.29 is 13.5 Å². The van der Waals surface area contributed by atoms with Crippen molar-refractivity contribution in [1.29, 1.82) is 0 Å². The Labute approximate surface area is 175 Å². The topological polar surface area (TPSA) is 91.3 Å². The molecule has 1 heterocycles. The smallest absolute Gasteiger partial charge is 0.242 e. The van der Waals surface area contributed by atoms with Crippen molar-refractivity contribution in [3.8, 4) is 5.88 Å². The Kier molecular flexibility index (Phi) is 7.56. The number of hydrogen-bond acceptors (Lipinski definition) is 6. The van der Waals surface area contributed by atoms with E-state index < -0.39 is 10.0 Å². The Balaban J connectivity index is 1.56. The molecule has 6 nitrogen and oxygen atoms in total. The van der Waals surface area contributed by atoms with E-state index in [4.69, 9.17) is 11.6 Å². The molecule has 0 radical (unpaired) electrons. The lowest BCUT2D eigenvalue weighted by Gasteiger charge is -2.20. The highest BCUT2D eigenvalue weighted by atomic mass is 35.5. The zero-order valence-corrected chi connectivity index (χ0v) is 18.0. The van der Waals surface area contributed by atoms with Crippen LogP contribution in [-0.2, 0) is 16.4 Å². The van der Waals surface area contributed by atoms with Crippen LogP contribution >= 0.6 is 22.9 Å². The van der Waals surface area contributed by atoms with Gasteiger partial charge >= 0.3 is 0 Å². The summed E-state index contributed by atoms with van der Waals surface area (Å²) in [4.78, 5) is 4.93. The van der Waals surface area contributed by atoms with Gasteiger partial charge in [-0.15, -0.1) is 0 Å². The molecule has 28 heavy (non-hydrogen) atoms. The standard InChI is InChI=1S/C19H26ClN3O3S2/c20-15-10-6-7-11-17(15)28(25,26)21-13-12-16-18(24)23-19(27-16)22-14-8-4-2-1-3-5-9-14/h6-7,10-11,14,21,24H,1-5,8-9,12-13H2,(H,22,23). The number of thiazole rings is 1. The van der Waals surface area contributed by atoms with Gasteiger partial charge in [-0.3, -0.25) is 0 Å². The highest BCUT2D eigenvalue weighted by Gasteiger charge is 2.19. The number of aromatic hydroxyl groups is 1. The van der Waals surface area contributed by atoms with Crippen molar-refractivity contribution in [2.45, 2.75) is 62.3 Å². The van der Waals surface area contributed by atoms with Gasteiger partial charge in [0.1, 0.15) is 4.90 Å². The van der Waals surface area contributed by atoms with E-state index in [1.165, 1.54) is 49.5 Å². The Bertz CT molecular complexity index is 878. The van der Waals surface area contributed by atoms with Crippen LogP contribution in [0.1, 0.15) is 49.8 Å². The van der Waals surface area contributed by atoms with Gasteiger partial charge in [0.15, 0.2) is 5.13 Å². The average Bonchev–Trinajstić information content (AvgIpc) is 2.97. The third kappa shape index (κ3) is 5.83. The number of hydrogen-bond donors (Lipinski definition) is 3. The van der Waals surface area contributed by atoms with E-state index in [-0.39, 0.29) is 22.3 Å². The molecule has 3 rings (SSSR count). The van der Waals surface area contributed by atoms with E-state index >= 15 is 0 Å². The fourth-order valence-corrected chi connectivity index (χ4v) is 5.86. The van der Waals surface area contributed by atoms with Crippen LogP contribution in [0.3, 0.4) is 0 Å². The largest absolute Gasteiger partial charge is 0.492 e. The molecule has 0 amide bonds. The Morgan fingerprint density at radius 1 is 1.14 bits per heavy atom. The van der Waals surface area contributed by atoms with Gasteiger partial charge in [-0.1, -0.05) is 67.2 Å². The first-order valence-corrected chi connectivity index (χ1v) is 12.3. The second-order valence-electron chi connectivity index (χ2n) is 7.03. The number of rotatable bonds is 7.